The van der Waals surface area contributed by atoms with Gasteiger partial charge in [0.25, 0.3) is 0 Å². The summed E-state index contributed by atoms with van der Waals surface area (Å²) in [5.74, 6) is 0.997. The second-order valence-electron chi connectivity index (χ2n) is 3.46. The van der Waals surface area contributed by atoms with Gasteiger partial charge in [-0.25, -0.2) is 4.98 Å². The summed E-state index contributed by atoms with van der Waals surface area (Å²) < 4.78 is 0. The molecule has 84 valence electrons. The van der Waals surface area contributed by atoms with Crippen molar-refractivity contribution in [3.63, 3.8) is 0 Å². The van der Waals surface area contributed by atoms with Gasteiger partial charge < -0.3 is 5.32 Å². The maximum atomic E-state index is 6.01. The van der Waals surface area contributed by atoms with Gasteiger partial charge in [-0.1, -0.05) is 18.5 Å². The maximum absolute atomic E-state index is 6.01. The second-order valence-corrected chi connectivity index (χ2v) is 4.87. The van der Waals surface area contributed by atoms with Crippen LogP contribution in [-0.4, -0.2) is 23.3 Å². The molecule has 0 aromatic carbocycles. The highest BCUT2D eigenvalue weighted by Gasteiger charge is 2.05. The molecule has 0 fully saturated rings. The molecule has 15 heavy (non-hydrogen) atoms. The first-order chi connectivity index (χ1) is 7.24. The fourth-order valence-electron chi connectivity index (χ4n) is 1.13. The minimum atomic E-state index is 0.494. The van der Waals surface area contributed by atoms with Gasteiger partial charge in [0.05, 0.1) is 5.02 Å². The zero-order chi connectivity index (χ0) is 11.1. The van der Waals surface area contributed by atoms with Crippen molar-refractivity contribution in [3.05, 3.63) is 23.4 Å². The van der Waals surface area contributed by atoms with Crippen molar-refractivity contribution in [1.29, 1.82) is 0 Å². The number of rotatable bonds is 6. The van der Waals surface area contributed by atoms with Crippen molar-refractivity contribution < 1.29 is 0 Å². The summed E-state index contributed by atoms with van der Waals surface area (Å²) in [6.07, 6.45) is 2.94. The first kappa shape index (κ1) is 12.8. The molecule has 0 aliphatic heterocycles. The molecule has 0 radical (unpaired) electrons. The van der Waals surface area contributed by atoms with E-state index in [-0.39, 0.29) is 0 Å². The van der Waals surface area contributed by atoms with E-state index in [4.69, 9.17) is 11.6 Å². The summed E-state index contributed by atoms with van der Waals surface area (Å²) in [4.78, 5) is 4.23. The van der Waals surface area contributed by atoms with E-state index in [9.17, 15) is 0 Å². The summed E-state index contributed by atoms with van der Waals surface area (Å²) in [5, 5.41) is 5.09. The Morgan fingerprint density at radius 1 is 1.60 bits per heavy atom. The third kappa shape index (κ3) is 4.87. The Morgan fingerprint density at radius 3 is 3.07 bits per heavy atom. The monoisotopic (exact) mass is 244 g/mol. The SMILES string of the molecule is CCCNC(C)CSc1ncccc1Cl. The average Bonchev–Trinajstić information content (AvgIpc) is 2.25. The summed E-state index contributed by atoms with van der Waals surface area (Å²) in [5.41, 5.74) is 0. The van der Waals surface area contributed by atoms with E-state index in [0.717, 1.165) is 22.3 Å². The zero-order valence-electron chi connectivity index (χ0n) is 9.16. The van der Waals surface area contributed by atoms with E-state index >= 15 is 0 Å². The Hall–Kier alpha value is -0.250. The van der Waals surface area contributed by atoms with E-state index < -0.39 is 0 Å². The first-order valence-corrected chi connectivity index (χ1v) is 6.57. The highest BCUT2D eigenvalue weighted by atomic mass is 35.5. The van der Waals surface area contributed by atoms with Gasteiger partial charge in [0.2, 0.25) is 0 Å². The number of hydrogen-bond donors (Lipinski definition) is 1. The van der Waals surface area contributed by atoms with Gasteiger partial charge in [-0.3, -0.25) is 0 Å². The topological polar surface area (TPSA) is 24.9 Å². The molecule has 1 atom stereocenters. The van der Waals surface area contributed by atoms with Crippen LogP contribution in [-0.2, 0) is 0 Å². The van der Waals surface area contributed by atoms with E-state index in [1.165, 1.54) is 6.42 Å². The quantitative estimate of drug-likeness (QED) is 0.778. The van der Waals surface area contributed by atoms with Crippen molar-refractivity contribution in [1.82, 2.24) is 10.3 Å². The molecule has 1 rings (SSSR count). The van der Waals surface area contributed by atoms with Crippen LogP contribution in [0.15, 0.2) is 23.4 Å². The summed E-state index contributed by atoms with van der Waals surface area (Å²) in [7, 11) is 0. The molecule has 0 spiro atoms. The molecule has 0 aliphatic carbocycles. The number of nitrogens with zero attached hydrogens (tertiary/aromatic N) is 1. The fourth-order valence-corrected chi connectivity index (χ4v) is 2.28. The molecule has 0 saturated carbocycles. The Bertz CT molecular complexity index is 294. The number of hydrogen-bond acceptors (Lipinski definition) is 3. The van der Waals surface area contributed by atoms with Crippen molar-refractivity contribution in [2.45, 2.75) is 31.3 Å². The molecular weight excluding hydrogens is 228 g/mol. The molecule has 1 aromatic rings. The van der Waals surface area contributed by atoms with Gasteiger partial charge in [0, 0.05) is 18.0 Å². The average molecular weight is 245 g/mol. The lowest BCUT2D eigenvalue weighted by Gasteiger charge is -2.12. The minimum absolute atomic E-state index is 0.494. The molecule has 0 saturated heterocycles. The third-order valence-electron chi connectivity index (χ3n) is 1.94. The largest absolute Gasteiger partial charge is 0.313 e. The number of aromatic nitrogens is 1. The predicted octanol–water partition coefficient (Wildman–Crippen LogP) is 3.22. The fraction of sp³-hybridized carbons (Fsp3) is 0.545. The van der Waals surface area contributed by atoms with Crippen LogP contribution in [0.4, 0.5) is 0 Å². The first-order valence-electron chi connectivity index (χ1n) is 5.20. The van der Waals surface area contributed by atoms with E-state index in [1.54, 1.807) is 18.0 Å². The van der Waals surface area contributed by atoms with E-state index in [0.29, 0.717) is 6.04 Å². The van der Waals surface area contributed by atoms with Gasteiger partial charge in [0.15, 0.2) is 0 Å². The number of pyridine rings is 1. The summed E-state index contributed by atoms with van der Waals surface area (Å²) in [6.45, 7) is 5.42. The maximum Gasteiger partial charge on any atom is 0.115 e. The number of thioether (sulfide) groups is 1. The minimum Gasteiger partial charge on any atom is -0.313 e. The predicted molar refractivity (Wildman–Crippen MR) is 67.7 cm³/mol. The van der Waals surface area contributed by atoms with Crippen molar-refractivity contribution in [2.75, 3.05) is 12.3 Å². The Labute approximate surface area is 101 Å². The molecular formula is C11H17ClN2S. The van der Waals surface area contributed by atoms with Gasteiger partial charge in [-0.05, 0) is 32.0 Å². The van der Waals surface area contributed by atoms with Crippen molar-refractivity contribution in [2.24, 2.45) is 0 Å². The van der Waals surface area contributed by atoms with Crippen LogP contribution in [0.5, 0.6) is 0 Å². The lowest BCUT2D eigenvalue weighted by atomic mass is 10.3. The molecule has 0 amide bonds. The van der Waals surface area contributed by atoms with Gasteiger partial charge in [-0.15, -0.1) is 11.8 Å². The zero-order valence-corrected chi connectivity index (χ0v) is 10.7. The van der Waals surface area contributed by atoms with Crippen LogP contribution in [0.1, 0.15) is 20.3 Å². The Morgan fingerprint density at radius 2 is 2.40 bits per heavy atom. The molecule has 1 N–H and O–H groups in total. The Kier molecular flexibility index (Phi) is 6.06. The van der Waals surface area contributed by atoms with Crippen LogP contribution >= 0.6 is 23.4 Å². The van der Waals surface area contributed by atoms with Crippen LogP contribution < -0.4 is 5.32 Å². The highest BCUT2D eigenvalue weighted by Crippen LogP contribution is 2.24. The van der Waals surface area contributed by atoms with Crippen molar-refractivity contribution >= 4 is 23.4 Å². The van der Waals surface area contributed by atoms with Gasteiger partial charge in [0.1, 0.15) is 5.03 Å². The third-order valence-corrected chi connectivity index (χ3v) is 3.62. The van der Waals surface area contributed by atoms with E-state index in [1.807, 2.05) is 12.1 Å². The lowest BCUT2D eigenvalue weighted by molar-refractivity contribution is 0.590. The van der Waals surface area contributed by atoms with E-state index in [2.05, 4.69) is 24.1 Å². The molecule has 2 nitrogen and oxygen atoms in total. The van der Waals surface area contributed by atoms with Gasteiger partial charge >= 0.3 is 0 Å². The highest BCUT2D eigenvalue weighted by molar-refractivity contribution is 7.99. The molecule has 0 aliphatic rings. The van der Waals surface area contributed by atoms with Crippen LogP contribution in [0, 0.1) is 0 Å². The van der Waals surface area contributed by atoms with Gasteiger partial charge in [-0.2, -0.15) is 0 Å². The molecule has 1 aromatic heterocycles. The molecule has 1 unspecified atom stereocenters. The standard InChI is InChI=1S/C11H17ClN2S/c1-3-6-13-9(2)8-15-11-10(12)5-4-7-14-11/h4-5,7,9,13H,3,6,8H2,1-2H3. The van der Waals surface area contributed by atoms with Crippen LogP contribution in [0.2, 0.25) is 5.02 Å². The molecule has 1 heterocycles. The molecule has 0 bridgehead atoms. The number of nitrogens with one attached hydrogen (secondary N) is 1. The summed E-state index contributed by atoms with van der Waals surface area (Å²) in [6, 6.07) is 4.22. The summed E-state index contributed by atoms with van der Waals surface area (Å²) >= 11 is 7.71. The normalized spacial score (nSPS) is 12.7. The Balaban J connectivity index is 2.33. The second kappa shape index (κ2) is 7.09. The number of halogens is 1. The van der Waals surface area contributed by atoms with Crippen molar-refractivity contribution in [3.8, 4) is 0 Å². The van der Waals surface area contributed by atoms with Crippen LogP contribution in [0.3, 0.4) is 0 Å². The molecule has 4 heteroatoms. The lowest BCUT2D eigenvalue weighted by Crippen LogP contribution is -2.28. The smallest absolute Gasteiger partial charge is 0.115 e. The van der Waals surface area contributed by atoms with Crippen LogP contribution in [0.25, 0.3) is 0 Å².